The van der Waals surface area contributed by atoms with Crippen LogP contribution in [-0.2, 0) is 6.54 Å². The van der Waals surface area contributed by atoms with E-state index in [-0.39, 0.29) is 6.10 Å². The summed E-state index contributed by atoms with van der Waals surface area (Å²) in [6.07, 6.45) is -0.286. The number of nitrogens with one attached hydrogen (secondary N) is 1. The summed E-state index contributed by atoms with van der Waals surface area (Å²) >= 11 is 0. The molecule has 0 fully saturated rings. The zero-order valence-electron chi connectivity index (χ0n) is 11.0. The summed E-state index contributed by atoms with van der Waals surface area (Å²) in [6.45, 7) is 11.9. The summed E-state index contributed by atoms with van der Waals surface area (Å²) in [5.74, 6) is 0. The molecule has 0 saturated carbocycles. The maximum absolute atomic E-state index is 9.22. The number of aryl methyl sites for hydroxylation is 2. The third-order valence-electron chi connectivity index (χ3n) is 3.26. The van der Waals surface area contributed by atoms with Crippen LogP contribution in [0.5, 0.6) is 0 Å². The fraction of sp³-hybridized carbons (Fsp3) is 0.571. The van der Waals surface area contributed by atoms with Gasteiger partial charge < -0.3 is 10.4 Å². The van der Waals surface area contributed by atoms with Crippen molar-refractivity contribution < 1.29 is 5.11 Å². The van der Waals surface area contributed by atoms with Crippen molar-refractivity contribution in [3.63, 3.8) is 0 Å². The van der Waals surface area contributed by atoms with Crippen molar-refractivity contribution in [3.8, 4) is 0 Å². The van der Waals surface area contributed by atoms with E-state index in [9.17, 15) is 5.11 Å². The van der Waals surface area contributed by atoms with E-state index in [0.29, 0.717) is 6.54 Å². The van der Waals surface area contributed by atoms with Gasteiger partial charge in [0.25, 0.3) is 0 Å². The van der Waals surface area contributed by atoms with Crippen LogP contribution in [0.25, 0.3) is 0 Å². The molecule has 0 bridgehead atoms. The summed E-state index contributed by atoms with van der Waals surface area (Å²) in [5, 5.41) is 12.5. The number of benzene rings is 1. The predicted octanol–water partition coefficient (Wildman–Crippen LogP) is 2.39. The SMILES string of the molecule is Cc1cc(C)c(C)c(CNCC(C)O)c1C. The minimum atomic E-state index is -0.286. The molecule has 0 spiro atoms. The normalized spacial score (nSPS) is 12.9. The molecule has 1 aromatic rings. The number of aliphatic hydroxyl groups excluding tert-OH is 1. The van der Waals surface area contributed by atoms with Crippen molar-refractivity contribution in [2.75, 3.05) is 6.54 Å². The van der Waals surface area contributed by atoms with E-state index < -0.39 is 0 Å². The standard InChI is InChI=1S/C14H23NO/c1-9-6-10(2)13(5)14(12(9)4)8-15-7-11(3)16/h6,11,15-16H,7-8H2,1-5H3. The van der Waals surface area contributed by atoms with Gasteiger partial charge >= 0.3 is 0 Å². The maximum Gasteiger partial charge on any atom is 0.0636 e. The number of hydrogen-bond acceptors (Lipinski definition) is 2. The molecule has 2 N–H and O–H groups in total. The maximum atomic E-state index is 9.22. The summed E-state index contributed by atoms with van der Waals surface area (Å²) in [5.41, 5.74) is 6.79. The molecule has 1 aromatic carbocycles. The quantitative estimate of drug-likeness (QED) is 0.818. The van der Waals surface area contributed by atoms with Gasteiger partial charge in [0.1, 0.15) is 0 Å². The van der Waals surface area contributed by atoms with E-state index in [1.165, 1.54) is 27.8 Å². The highest BCUT2D eigenvalue weighted by Gasteiger charge is 2.08. The molecule has 0 aliphatic heterocycles. The Bertz CT molecular complexity index is 343. The molecule has 0 amide bonds. The largest absolute Gasteiger partial charge is 0.392 e. The first-order valence-corrected chi connectivity index (χ1v) is 5.88. The van der Waals surface area contributed by atoms with Crippen molar-refractivity contribution >= 4 is 0 Å². The highest BCUT2D eigenvalue weighted by atomic mass is 16.3. The highest BCUT2D eigenvalue weighted by molar-refractivity contribution is 5.43. The molecule has 90 valence electrons. The van der Waals surface area contributed by atoms with Crippen LogP contribution in [0.1, 0.15) is 34.7 Å². The molecule has 2 heteroatoms. The Labute approximate surface area is 98.7 Å². The molecule has 0 aliphatic rings. The minimum Gasteiger partial charge on any atom is -0.392 e. The molecule has 0 saturated heterocycles. The molecule has 0 heterocycles. The highest BCUT2D eigenvalue weighted by Crippen LogP contribution is 2.21. The average Bonchev–Trinajstić information content (AvgIpc) is 2.20. The van der Waals surface area contributed by atoms with E-state index in [1.54, 1.807) is 6.92 Å². The number of hydrogen-bond donors (Lipinski definition) is 2. The van der Waals surface area contributed by atoms with Gasteiger partial charge in [0, 0.05) is 13.1 Å². The zero-order chi connectivity index (χ0) is 12.3. The van der Waals surface area contributed by atoms with Gasteiger partial charge in [-0.2, -0.15) is 0 Å². The molecule has 1 unspecified atom stereocenters. The van der Waals surface area contributed by atoms with E-state index >= 15 is 0 Å². The molecule has 0 aromatic heterocycles. The fourth-order valence-corrected chi connectivity index (χ4v) is 1.97. The second kappa shape index (κ2) is 5.46. The van der Waals surface area contributed by atoms with Gasteiger partial charge in [0.05, 0.1) is 6.10 Å². The Hall–Kier alpha value is -0.860. The number of rotatable bonds is 4. The Balaban J connectivity index is 2.86. The van der Waals surface area contributed by atoms with Crippen LogP contribution in [0.3, 0.4) is 0 Å². The van der Waals surface area contributed by atoms with Crippen molar-refractivity contribution in [1.82, 2.24) is 5.32 Å². The smallest absolute Gasteiger partial charge is 0.0636 e. The van der Waals surface area contributed by atoms with Crippen LogP contribution in [0, 0.1) is 27.7 Å². The van der Waals surface area contributed by atoms with Crippen LogP contribution in [-0.4, -0.2) is 17.8 Å². The first-order valence-electron chi connectivity index (χ1n) is 5.88. The lowest BCUT2D eigenvalue weighted by molar-refractivity contribution is 0.191. The van der Waals surface area contributed by atoms with Gasteiger partial charge in [0.2, 0.25) is 0 Å². The van der Waals surface area contributed by atoms with E-state index in [4.69, 9.17) is 0 Å². The summed E-state index contributed by atoms with van der Waals surface area (Å²) < 4.78 is 0. The molecular weight excluding hydrogens is 198 g/mol. The Morgan fingerprint density at radius 3 is 2.06 bits per heavy atom. The fourth-order valence-electron chi connectivity index (χ4n) is 1.97. The van der Waals surface area contributed by atoms with Crippen molar-refractivity contribution in [2.24, 2.45) is 0 Å². The molecular formula is C14H23NO. The zero-order valence-corrected chi connectivity index (χ0v) is 11.0. The second-order valence-electron chi connectivity index (χ2n) is 4.72. The Kier molecular flexibility index (Phi) is 4.51. The lowest BCUT2D eigenvalue weighted by Gasteiger charge is -2.16. The van der Waals surface area contributed by atoms with Crippen LogP contribution >= 0.6 is 0 Å². The van der Waals surface area contributed by atoms with E-state index in [1.807, 2.05) is 0 Å². The Morgan fingerprint density at radius 2 is 1.62 bits per heavy atom. The third kappa shape index (κ3) is 3.06. The summed E-state index contributed by atoms with van der Waals surface area (Å²) in [7, 11) is 0. The number of aliphatic hydroxyl groups is 1. The van der Waals surface area contributed by atoms with Gasteiger partial charge in [-0.3, -0.25) is 0 Å². The van der Waals surface area contributed by atoms with Gasteiger partial charge in [0.15, 0.2) is 0 Å². The third-order valence-corrected chi connectivity index (χ3v) is 3.26. The van der Waals surface area contributed by atoms with Crippen LogP contribution in [0.4, 0.5) is 0 Å². The summed E-state index contributed by atoms with van der Waals surface area (Å²) in [4.78, 5) is 0. The van der Waals surface area contributed by atoms with Crippen LogP contribution in [0.15, 0.2) is 6.07 Å². The monoisotopic (exact) mass is 221 g/mol. The minimum absolute atomic E-state index is 0.286. The van der Waals surface area contributed by atoms with Crippen molar-refractivity contribution in [1.29, 1.82) is 0 Å². The van der Waals surface area contributed by atoms with Crippen LogP contribution < -0.4 is 5.32 Å². The topological polar surface area (TPSA) is 32.3 Å². The van der Waals surface area contributed by atoms with Gasteiger partial charge in [-0.05, 0) is 62.4 Å². The molecule has 1 atom stereocenters. The molecule has 2 nitrogen and oxygen atoms in total. The second-order valence-corrected chi connectivity index (χ2v) is 4.72. The first-order chi connectivity index (χ1) is 7.43. The molecule has 16 heavy (non-hydrogen) atoms. The van der Waals surface area contributed by atoms with Gasteiger partial charge in [-0.15, -0.1) is 0 Å². The van der Waals surface area contributed by atoms with E-state index in [0.717, 1.165) is 6.54 Å². The molecule has 0 radical (unpaired) electrons. The predicted molar refractivity (Wildman–Crippen MR) is 68.8 cm³/mol. The lowest BCUT2D eigenvalue weighted by Crippen LogP contribution is -2.24. The van der Waals surface area contributed by atoms with E-state index in [2.05, 4.69) is 39.1 Å². The first kappa shape index (κ1) is 13.2. The van der Waals surface area contributed by atoms with Crippen molar-refractivity contribution in [2.45, 2.75) is 47.3 Å². The average molecular weight is 221 g/mol. The molecule has 1 rings (SSSR count). The summed E-state index contributed by atoms with van der Waals surface area (Å²) in [6, 6.07) is 2.24. The van der Waals surface area contributed by atoms with Crippen molar-refractivity contribution in [3.05, 3.63) is 33.9 Å². The lowest BCUT2D eigenvalue weighted by atomic mass is 9.94. The molecule has 0 aliphatic carbocycles. The van der Waals surface area contributed by atoms with Gasteiger partial charge in [-0.1, -0.05) is 6.07 Å². The van der Waals surface area contributed by atoms with Crippen LogP contribution in [0.2, 0.25) is 0 Å². The Morgan fingerprint density at radius 1 is 1.12 bits per heavy atom. The van der Waals surface area contributed by atoms with Gasteiger partial charge in [-0.25, -0.2) is 0 Å².